The van der Waals surface area contributed by atoms with Gasteiger partial charge in [-0.1, -0.05) is 23.7 Å². The fraction of sp³-hybridized carbons (Fsp3) is 0. The summed E-state index contributed by atoms with van der Waals surface area (Å²) >= 11 is 6.08. The van der Waals surface area contributed by atoms with Gasteiger partial charge in [0, 0.05) is 10.8 Å². The van der Waals surface area contributed by atoms with Crippen molar-refractivity contribution in [3.8, 4) is 0 Å². The highest BCUT2D eigenvalue weighted by Crippen LogP contribution is 2.25. The predicted molar refractivity (Wildman–Crippen MR) is 71.2 cm³/mol. The number of pyridine rings is 1. The monoisotopic (exact) mass is 257 g/mol. The molecule has 0 amide bonds. The summed E-state index contributed by atoms with van der Waals surface area (Å²) in [6, 6.07) is 12.3. The lowest BCUT2D eigenvalue weighted by Gasteiger charge is -2.04. The van der Waals surface area contributed by atoms with E-state index >= 15 is 0 Å². The Labute approximate surface area is 108 Å². The quantitative estimate of drug-likeness (QED) is 0.676. The zero-order valence-corrected chi connectivity index (χ0v) is 9.98. The van der Waals surface area contributed by atoms with Crippen molar-refractivity contribution in [3.05, 3.63) is 53.1 Å². The number of hydrogen-bond donors (Lipinski definition) is 1. The molecule has 0 aliphatic carbocycles. The molecule has 3 nitrogen and oxygen atoms in total. The summed E-state index contributed by atoms with van der Waals surface area (Å²) in [4.78, 5) is 15.4. The molecule has 0 saturated carbocycles. The average molecular weight is 258 g/mol. The summed E-state index contributed by atoms with van der Waals surface area (Å²) < 4.78 is 0. The molecule has 0 radical (unpaired) electrons. The first-order chi connectivity index (χ1) is 8.65. The number of carboxylic acids is 1. The maximum Gasteiger partial charge on any atom is 0.335 e. The third kappa shape index (κ3) is 1.69. The van der Waals surface area contributed by atoms with Gasteiger partial charge in [-0.05, 0) is 30.3 Å². The van der Waals surface area contributed by atoms with Crippen molar-refractivity contribution in [2.45, 2.75) is 0 Å². The van der Waals surface area contributed by atoms with Gasteiger partial charge in [-0.25, -0.2) is 9.78 Å². The number of benzene rings is 2. The largest absolute Gasteiger partial charge is 0.478 e. The Hall–Kier alpha value is -2.13. The van der Waals surface area contributed by atoms with Gasteiger partial charge in [0.15, 0.2) is 0 Å². The molecule has 18 heavy (non-hydrogen) atoms. The van der Waals surface area contributed by atoms with Gasteiger partial charge in [0.25, 0.3) is 0 Å². The molecule has 1 N–H and O–H groups in total. The molecule has 88 valence electrons. The normalized spacial score (nSPS) is 10.9. The van der Waals surface area contributed by atoms with Crippen LogP contribution in [0, 0.1) is 0 Å². The molecular formula is C14H8ClNO2. The van der Waals surface area contributed by atoms with Crippen LogP contribution in [0.5, 0.6) is 0 Å². The lowest BCUT2D eigenvalue weighted by atomic mass is 10.1. The number of carbonyl (C=O) groups is 1. The van der Waals surface area contributed by atoms with Crippen LogP contribution in [0.2, 0.25) is 5.02 Å². The summed E-state index contributed by atoms with van der Waals surface area (Å²) in [5.41, 5.74) is 1.72. The van der Waals surface area contributed by atoms with E-state index in [1.165, 1.54) is 0 Å². The second-order valence-electron chi connectivity index (χ2n) is 4.01. The molecule has 1 aromatic heterocycles. The van der Waals surface area contributed by atoms with Gasteiger partial charge in [-0.15, -0.1) is 0 Å². The molecule has 0 atom stereocenters. The third-order valence-corrected chi connectivity index (χ3v) is 3.14. The first-order valence-corrected chi connectivity index (χ1v) is 5.75. The van der Waals surface area contributed by atoms with Gasteiger partial charge in [0.1, 0.15) is 0 Å². The van der Waals surface area contributed by atoms with E-state index in [0.717, 1.165) is 21.8 Å². The number of fused-ring (bicyclic) bond motifs is 2. The average Bonchev–Trinajstić information content (AvgIpc) is 2.36. The van der Waals surface area contributed by atoms with E-state index in [-0.39, 0.29) is 5.56 Å². The molecule has 4 heteroatoms. The fourth-order valence-electron chi connectivity index (χ4n) is 1.96. The number of hydrogen-bond acceptors (Lipinski definition) is 2. The van der Waals surface area contributed by atoms with Gasteiger partial charge >= 0.3 is 5.97 Å². The van der Waals surface area contributed by atoms with E-state index in [2.05, 4.69) is 4.98 Å². The van der Waals surface area contributed by atoms with Crippen LogP contribution in [0.25, 0.3) is 21.8 Å². The summed E-state index contributed by atoms with van der Waals surface area (Å²) in [6.45, 7) is 0. The van der Waals surface area contributed by atoms with Crippen LogP contribution in [-0.2, 0) is 0 Å². The van der Waals surface area contributed by atoms with Gasteiger partial charge in [0.05, 0.1) is 21.6 Å². The van der Waals surface area contributed by atoms with Crippen molar-refractivity contribution in [2.24, 2.45) is 0 Å². The maximum absolute atomic E-state index is 10.9. The molecule has 3 rings (SSSR count). The molecule has 0 fully saturated rings. The van der Waals surface area contributed by atoms with E-state index in [1.807, 2.05) is 18.2 Å². The van der Waals surface area contributed by atoms with E-state index in [9.17, 15) is 4.79 Å². The van der Waals surface area contributed by atoms with Crippen molar-refractivity contribution in [3.63, 3.8) is 0 Å². The number of para-hydroxylation sites is 1. The maximum atomic E-state index is 10.9. The minimum Gasteiger partial charge on any atom is -0.478 e. The Bertz CT molecular complexity index is 783. The SMILES string of the molecule is O=C(O)c1ccc2nc3c(Cl)cccc3cc2c1. The first kappa shape index (κ1) is 11.0. The Kier molecular flexibility index (Phi) is 2.42. The predicted octanol–water partition coefficient (Wildman–Crippen LogP) is 3.74. The van der Waals surface area contributed by atoms with Crippen molar-refractivity contribution in [2.75, 3.05) is 0 Å². The number of halogens is 1. The minimum absolute atomic E-state index is 0.255. The number of carboxylic acid groups (broad SMARTS) is 1. The van der Waals surface area contributed by atoms with Crippen LogP contribution >= 0.6 is 11.6 Å². The van der Waals surface area contributed by atoms with Crippen LogP contribution < -0.4 is 0 Å². The molecule has 3 aromatic rings. The number of rotatable bonds is 1. The Morgan fingerprint density at radius 2 is 1.94 bits per heavy atom. The first-order valence-electron chi connectivity index (χ1n) is 5.37. The van der Waals surface area contributed by atoms with Crippen LogP contribution in [-0.4, -0.2) is 16.1 Å². The Morgan fingerprint density at radius 1 is 1.11 bits per heavy atom. The number of nitrogens with zero attached hydrogens (tertiary/aromatic N) is 1. The minimum atomic E-state index is -0.942. The van der Waals surface area contributed by atoms with Gasteiger partial charge < -0.3 is 5.11 Å². The van der Waals surface area contributed by atoms with Crippen LogP contribution in [0.3, 0.4) is 0 Å². The zero-order chi connectivity index (χ0) is 12.7. The molecule has 0 aliphatic heterocycles. The molecule has 0 saturated heterocycles. The third-order valence-electron chi connectivity index (χ3n) is 2.84. The lowest BCUT2D eigenvalue weighted by molar-refractivity contribution is 0.0697. The molecule has 2 aromatic carbocycles. The highest BCUT2D eigenvalue weighted by atomic mass is 35.5. The molecule has 0 spiro atoms. The summed E-state index contributed by atoms with van der Waals surface area (Å²) in [5, 5.41) is 11.3. The number of aromatic nitrogens is 1. The highest BCUT2D eigenvalue weighted by molar-refractivity contribution is 6.35. The molecule has 0 bridgehead atoms. The smallest absolute Gasteiger partial charge is 0.335 e. The topological polar surface area (TPSA) is 50.2 Å². The van der Waals surface area contributed by atoms with Crippen molar-refractivity contribution >= 4 is 39.4 Å². The second kappa shape index (κ2) is 3.96. The molecule has 0 unspecified atom stereocenters. The van der Waals surface area contributed by atoms with E-state index in [4.69, 9.17) is 16.7 Å². The highest BCUT2D eigenvalue weighted by Gasteiger charge is 2.06. The van der Waals surface area contributed by atoms with E-state index < -0.39 is 5.97 Å². The van der Waals surface area contributed by atoms with Crippen molar-refractivity contribution in [1.29, 1.82) is 0 Å². The van der Waals surface area contributed by atoms with E-state index in [0.29, 0.717) is 5.02 Å². The fourth-order valence-corrected chi connectivity index (χ4v) is 2.18. The van der Waals surface area contributed by atoms with Gasteiger partial charge in [-0.3, -0.25) is 0 Å². The van der Waals surface area contributed by atoms with Crippen LogP contribution in [0.4, 0.5) is 0 Å². The van der Waals surface area contributed by atoms with Gasteiger partial charge in [0.2, 0.25) is 0 Å². The van der Waals surface area contributed by atoms with Crippen molar-refractivity contribution < 1.29 is 9.90 Å². The molecule has 1 heterocycles. The standard InChI is InChI=1S/C14H8ClNO2/c15-11-3-1-2-8-6-10-7-9(14(17)18)4-5-12(10)16-13(8)11/h1-7H,(H,17,18). The summed E-state index contributed by atoms with van der Waals surface area (Å²) in [6.07, 6.45) is 0. The molecule has 0 aliphatic rings. The lowest BCUT2D eigenvalue weighted by Crippen LogP contribution is -1.95. The summed E-state index contributed by atoms with van der Waals surface area (Å²) in [7, 11) is 0. The molecular weight excluding hydrogens is 250 g/mol. The van der Waals surface area contributed by atoms with Gasteiger partial charge in [-0.2, -0.15) is 0 Å². The summed E-state index contributed by atoms with van der Waals surface area (Å²) in [5.74, 6) is -0.942. The number of aromatic carboxylic acids is 1. The van der Waals surface area contributed by atoms with E-state index in [1.54, 1.807) is 24.3 Å². The zero-order valence-electron chi connectivity index (χ0n) is 9.22. The van der Waals surface area contributed by atoms with Crippen molar-refractivity contribution in [1.82, 2.24) is 4.98 Å². The van der Waals surface area contributed by atoms with Crippen LogP contribution in [0.1, 0.15) is 10.4 Å². The second-order valence-corrected chi connectivity index (χ2v) is 4.42. The van der Waals surface area contributed by atoms with Crippen LogP contribution in [0.15, 0.2) is 42.5 Å². The Morgan fingerprint density at radius 3 is 2.72 bits per heavy atom. The Balaban J connectivity index is 2.38.